The summed E-state index contributed by atoms with van der Waals surface area (Å²) in [5.74, 6) is 0.922. The standard InChI is InChI=1S/C9H7Cl2N3O/c1-4-13-9(15-14-4)5-2-6(10)8(12)7(11)3-5/h2-3H,12H2,1H3. The lowest BCUT2D eigenvalue weighted by molar-refractivity contribution is 0.425. The molecule has 1 heterocycles. The zero-order chi connectivity index (χ0) is 11.0. The minimum atomic E-state index is 0.346. The predicted molar refractivity (Wildman–Crippen MR) is 58.9 cm³/mol. The Bertz CT molecular complexity index is 487. The first kappa shape index (κ1) is 10.3. The lowest BCUT2D eigenvalue weighted by atomic mass is 10.2. The molecule has 78 valence electrons. The van der Waals surface area contributed by atoms with E-state index in [9.17, 15) is 0 Å². The molecule has 0 radical (unpaired) electrons. The van der Waals surface area contributed by atoms with Crippen LogP contribution >= 0.6 is 23.2 Å². The molecule has 0 saturated carbocycles. The van der Waals surface area contributed by atoms with E-state index in [0.29, 0.717) is 33.0 Å². The molecule has 0 atom stereocenters. The van der Waals surface area contributed by atoms with Crippen molar-refractivity contribution < 1.29 is 4.52 Å². The Morgan fingerprint density at radius 1 is 1.27 bits per heavy atom. The highest BCUT2D eigenvalue weighted by molar-refractivity contribution is 6.39. The second-order valence-electron chi connectivity index (χ2n) is 3.00. The molecule has 0 fully saturated rings. The summed E-state index contributed by atoms with van der Waals surface area (Å²) in [5, 5.41) is 4.41. The normalized spacial score (nSPS) is 10.6. The fourth-order valence-corrected chi connectivity index (χ4v) is 1.61. The van der Waals surface area contributed by atoms with Crippen molar-refractivity contribution in [2.45, 2.75) is 6.92 Å². The number of hydrogen-bond donors (Lipinski definition) is 1. The second-order valence-corrected chi connectivity index (χ2v) is 3.81. The van der Waals surface area contributed by atoms with Crippen LogP contribution in [0.15, 0.2) is 16.7 Å². The third kappa shape index (κ3) is 1.91. The van der Waals surface area contributed by atoms with Crippen LogP contribution in [0.3, 0.4) is 0 Å². The molecule has 0 aliphatic heterocycles. The van der Waals surface area contributed by atoms with Gasteiger partial charge in [0.2, 0.25) is 0 Å². The van der Waals surface area contributed by atoms with Gasteiger partial charge in [0.05, 0.1) is 15.7 Å². The average Bonchev–Trinajstić information content (AvgIpc) is 2.60. The van der Waals surface area contributed by atoms with E-state index in [1.54, 1.807) is 19.1 Å². The van der Waals surface area contributed by atoms with Gasteiger partial charge in [0.1, 0.15) is 0 Å². The van der Waals surface area contributed by atoms with Crippen LogP contribution in [0.4, 0.5) is 5.69 Å². The molecule has 0 unspecified atom stereocenters. The summed E-state index contributed by atoms with van der Waals surface area (Å²) < 4.78 is 4.98. The fourth-order valence-electron chi connectivity index (χ4n) is 1.12. The Morgan fingerprint density at radius 3 is 2.33 bits per heavy atom. The second kappa shape index (κ2) is 3.72. The summed E-state index contributed by atoms with van der Waals surface area (Å²) in [7, 11) is 0. The summed E-state index contributed by atoms with van der Waals surface area (Å²) in [4.78, 5) is 4.06. The first-order valence-corrected chi connectivity index (χ1v) is 4.88. The van der Waals surface area contributed by atoms with Crippen molar-refractivity contribution in [2.24, 2.45) is 0 Å². The largest absolute Gasteiger partial charge is 0.396 e. The molecule has 1 aromatic heterocycles. The van der Waals surface area contributed by atoms with Gasteiger partial charge in [-0.05, 0) is 19.1 Å². The van der Waals surface area contributed by atoms with Gasteiger partial charge in [-0.1, -0.05) is 28.4 Å². The summed E-state index contributed by atoms with van der Waals surface area (Å²) >= 11 is 11.8. The minimum Gasteiger partial charge on any atom is -0.396 e. The maximum absolute atomic E-state index is 5.88. The lowest BCUT2D eigenvalue weighted by Crippen LogP contribution is -1.89. The molecule has 0 amide bonds. The summed E-state index contributed by atoms with van der Waals surface area (Å²) in [5.41, 5.74) is 6.60. The molecule has 0 saturated heterocycles. The number of aromatic nitrogens is 2. The monoisotopic (exact) mass is 243 g/mol. The van der Waals surface area contributed by atoms with Crippen molar-refractivity contribution in [2.75, 3.05) is 5.73 Å². The number of nitrogens with zero attached hydrogens (tertiary/aromatic N) is 2. The quantitative estimate of drug-likeness (QED) is 0.783. The number of aryl methyl sites for hydroxylation is 1. The van der Waals surface area contributed by atoms with Gasteiger partial charge in [0.15, 0.2) is 5.82 Å². The molecule has 0 spiro atoms. The number of hydrogen-bond acceptors (Lipinski definition) is 4. The van der Waals surface area contributed by atoms with Crippen molar-refractivity contribution >= 4 is 28.9 Å². The third-order valence-corrected chi connectivity index (χ3v) is 2.48. The summed E-state index contributed by atoms with van der Waals surface area (Å²) in [6.07, 6.45) is 0. The van der Waals surface area contributed by atoms with Gasteiger partial charge < -0.3 is 10.3 Å². The summed E-state index contributed by atoms with van der Waals surface area (Å²) in [6, 6.07) is 3.27. The van der Waals surface area contributed by atoms with E-state index in [-0.39, 0.29) is 0 Å². The molecular weight excluding hydrogens is 237 g/mol. The number of rotatable bonds is 1. The van der Waals surface area contributed by atoms with Crippen LogP contribution in [0.1, 0.15) is 5.82 Å². The molecule has 1 aromatic carbocycles. The van der Waals surface area contributed by atoms with E-state index in [4.69, 9.17) is 33.5 Å². The average molecular weight is 244 g/mol. The molecule has 0 aliphatic carbocycles. The van der Waals surface area contributed by atoms with Crippen molar-refractivity contribution in [3.05, 3.63) is 28.0 Å². The van der Waals surface area contributed by atoms with Gasteiger partial charge in [0, 0.05) is 5.56 Å². The molecule has 2 rings (SSSR count). The Morgan fingerprint density at radius 2 is 1.87 bits per heavy atom. The van der Waals surface area contributed by atoms with E-state index in [2.05, 4.69) is 10.1 Å². The van der Waals surface area contributed by atoms with Gasteiger partial charge in [-0.3, -0.25) is 0 Å². The first-order chi connectivity index (χ1) is 7.08. The Kier molecular flexibility index (Phi) is 2.54. The topological polar surface area (TPSA) is 64.9 Å². The molecule has 15 heavy (non-hydrogen) atoms. The molecule has 0 aliphatic rings. The molecule has 0 bridgehead atoms. The van der Waals surface area contributed by atoms with Crippen LogP contribution in [-0.2, 0) is 0 Å². The van der Waals surface area contributed by atoms with E-state index >= 15 is 0 Å². The zero-order valence-electron chi connectivity index (χ0n) is 7.79. The Labute approximate surface area is 96.0 Å². The SMILES string of the molecule is Cc1noc(-c2cc(Cl)c(N)c(Cl)c2)n1. The van der Waals surface area contributed by atoms with E-state index in [0.717, 1.165) is 0 Å². The Balaban J connectivity index is 2.55. The molecule has 6 heteroatoms. The van der Waals surface area contributed by atoms with Crippen LogP contribution in [0.2, 0.25) is 10.0 Å². The number of nitrogens with two attached hydrogens (primary N) is 1. The van der Waals surface area contributed by atoms with Crippen molar-refractivity contribution in [3.63, 3.8) is 0 Å². The smallest absolute Gasteiger partial charge is 0.258 e. The third-order valence-electron chi connectivity index (χ3n) is 1.85. The predicted octanol–water partition coefficient (Wildman–Crippen LogP) is 2.93. The number of nitrogen functional groups attached to an aromatic ring is 1. The molecule has 2 N–H and O–H groups in total. The van der Waals surface area contributed by atoms with Crippen LogP contribution in [0.25, 0.3) is 11.5 Å². The Hall–Kier alpha value is -1.26. The first-order valence-electron chi connectivity index (χ1n) is 4.13. The van der Waals surface area contributed by atoms with Crippen molar-refractivity contribution in [1.29, 1.82) is 0 Å². The highest BCUT2D eigenvalue weighted by Crippen LogP contribution is 2.32. The van der Waals surface area contributed by atoms with Gasteiger partial charge in [-0.25, -0.2) is 0 Å². The number of anilines is 1. The zero-order valence-corrected chi connectivity index (χ0v) is 9.30. The fraction of sp³-hybridized carbons (Fsp3) is 0.111. The number of halogens is 2. The van der Waals surface area contributed by atoms with Crippen LogP contribution < -0.4 is 5.73 Å². The minimum absolute atomic E-state index is 0.346. The van der Waals surface area contributed by atoms with Gasteiger partial charge in [-0.2, -0.15) is 4.98 Å². The number of benzene rings is 1. The summed E-state index contributed by atoms with van der Waals surface area (Å²) in [6.45, 7) is 1.73. The van der Waals surface area contributed by atoms with Gasteiger partial charge in [-0.15, -0.1) is 0 Å². The molecule has 4 nitrogen and oxygen atoms in total. The van der Waals surface area contributed by atoms with E-state index < -0.39 is 0 Å². The molecule has 2 aromatic rings. The highest BCUT2D eigenvalue weighted by atomic mass is 35.5. The maximum Gasteiger partial charge on any atom is 0.258 e. The van der Waals surface area contributed by atoms with Crippen LogP contribution in [0, 0.1) is 6.92 Å². The maximum atomic E-state index is 5.88. The van der Waals surface area contributed by atoms with Crippen LogP contribution in [0.5, 0.6) is 0 Å². The van der Waals surface area contributed by atoms with Gasteiger partial charge in [0.25, 0.3) is 5.89 Å². The van der Waals surface area contributed by atoms with Crippen molar-refractivity contribution in [3.8, 4) is 11.5 Å². The van der Waals surface area contributed by atoms with E-state index in [1.807, 2.05) is 0 Å². The van der Waals surface area contributed by atoms with E-state index in [1.165, 1.54) is 0 Å². The van der Waals surface area contributed by atoms with Gasteiger partial charge >= 0.3 is 0 Å². The highest BCUT2D eigenvalue weighted by Gasteiger charge is 2.11. The lowest BCUT2D eigenvalue weighted by Gasteiger charge is -2.02. The molecular formula is C9H7Cl2N3O. The van der Waals surface area contributed by atoms with Crippen molar-refractivity contribution in [1.82, 2.24) is 10.1 Å². The van der Waals surface area contributed by atoms with Crippen LogP contribution in [-0.4, -0.2) is 10.1 Å².